The van der Waals surface area contributed by atoms with Crippen LogP contribution in [0.1, 0.15) is 20.8 Å². The highest BCUT2D eigenvalue weighted by Gasteiger charge is 2.23. The van der Waals surface area contributed by atoms with Crippen LogP contribution in [0.5, 0.6) is 0 Å². The molecule has 0 amide bonds. The molecule has 62 valence electrons. The van der Waals surface area contributed by atoms with E-state index in [1.54, 1.807) is 11.9 Å². The second-order valence-electron chi connectivity index (χ2n) is 3.76. The van der Waals surface area contributed by atoms with Gasteiger partial charge in [-0.3, -0.25) is 0 Å². The summed E-state index contributed by atoms with van der Waals surface area (Å²) in [5, 5.41) is 0. The van der Waals surface area contributed by atoms with Crippen molar-refractivity contribution in [2.24, 2.45) is 5.41 Å². The topological polar surface area (TPSA) is 12.0 Å². The lowest BCUT2D eigenvalue weighted by atomic mass is 9.95. The van der Waals surface area contributed by atoms with E-state index in [-0.39, 0.29) is 5.41 Å². The predicted molar refractivity (Wildman–Crippen MR) is 52.2 cm³/mol. The Morgan fingerprint density at radius 2 is 2.27 bits per heavy atom. The summed E-state index contributed by atoms with van der Waals surface area (Å²) >= 11 is 1.72. The largest absolute Gasteiger partial charge is 0.249 e. The van der Waals surface area contributed by atoms with Gasteiger partial charge in [0.15, 0.2) is 0 Å². The maximum Gasteiger partial charge on any atom is 0.0544 e. The lowest BCUT2D eigenvalue weighted by molar-refractivity contribution is 0.533. The van der Waals surface area contributed by atoms with Crippen molar-refractivity contribution in [2.75, 3.05) is 0 Å². The molecule has 1 nitrogen and oxygen atoms in total. The Kier molecular flexibility index (Phi) is 2.45. The summed E-state index contributed by atoms with van der Waals surface area (Å²) in [4.78, 5) is 1.41. The third-order valence-corrected chi connectivity index (χ3v) is 2.99. The summed E-state index contributed by atoms with van der Waals surface area (Å²) in [6, 6.07) is 0.356. The second kappa shape index (κ2) is 3.03. The Morgan fingerprint density at radius 1 is 1.64 bits per heavy atom. The third kappa shape index (κ3) is 2.11. The molecule has 0 aliphatic carbocycles. The molecule has 1 rings (SSSR count). The van der Waals surface area contributed by atoms with Crippen LogP contribution in [0.15, 0.2) is 23.6 Å². The molecule has 1 aliphatic rings. The molecule has 1 N–H and O–H groups in total. The third-order valence-electron chi connectivity index (χ3n) is 1.63. The molecule has 0 aromatic heterocycles. The van der Waals surface area contributed by atoms with Crippen molar-refractivity contribution >= 4 is 11.9 Å². The summed E-state index contributed by atoms with van der Waals surface area (Å²) in [6.07, 6.45) is 4.16. The highest BCUT2D eigenvalue weighted by atomic mass is 32.2. The van der Waals surface area contributed by atoms with Crippen LogP contribution < -0.4 is 4.72 Å². The van der Waals surface area contributed by atoms with E-state index in [0.717, 1.165) is 0 Å². The maximum atomic E-state index is 3.74. The fourth-order valence-electron chi connectivity index (χ4n) is 0.882. The number of allylic oxidation sites excluding steroid dienone is 1. The molecule has 1 unspecified atom stereocenters. The molecule has 0 bridgehead atoms. The Balaban J connectivity index is 2.69. The van der Waals surface area contributed by atoms with Crippen LogP contribution in [0.4, 0.5) is 0 Å². The Morgan fingerprint density at radius 3 is 2.55 bits per heavy atom. The van der Waals surface area contributed by atoms with E-state index in [0.29, 0.717) is 6.04 Å². The van der Waals surface area contributed by atoms with E-state index in [9.17, 15) is 0 Å². The first-order valence-corrected chi connectivity index (χ1v) is 4.63. The lowest BCUT2D eigenvalue weighted by Gasteiger charge is -2.18. The van der Waals surface area contributed by atoms with Gasteiger partial charge in [0, 0.05) is 4.91 Å². The van der Waals surface area contributed by atoms with Gasteiger partial charge in [-0.05, 0) is 17.4 Å². The van der Waals surface area contributed by atoms with E-state index in [1.165, 1.54) is 4.91 Å². The van der Waals surface area contributed by atoms with Crippen molar-refractivity contribution in [2.45, 2.75) is 26.8 Å². The highest BCUT2D eigenvalue weighted by molar-refractivity contribution is 8.01. The van der Waals surface area contributed by atoms with E-state index >= 15 is 0 Å². The first kappa shape index (κ1) is 8.88. The molecule has 0 aromatic rings. The fraction of sp³-hybridized carbons (Fsp3) is 0.556. The normalized spacial score (nSPS) is 25.0. The summed E-state index contributed by atoms with van der Waals surface area (Å²) in [5.74, 6) is 0. The van der Waals surface area contributed by atoms with Crippen LogP contribution >= 0.6 is 11.9 Å². The van der Waals surface area contributed by atoms with E-state index in [1.807, 2.05) is 6.08 Å². The number of rotatable bonds is 1. The minimum absolute atomic E-state index is 0.273. The molecule has 0 radical (unpaired) electrons. The Bertz CT molecular complexity index is 188. The molecule has 0 spiro atoms. The van der Waals surface area contributed by atoms with E-state index in [4.69, 9.17) is 0 Å². The molecular weight excluding hydrogens is 154 g/mol. The van der Waals surface area contributed by atoms with Crippen LogP contribution in [0.25, 0.3) is 0 Å². The van der Waals surface area contributed by atoms with Crippen molar-refractivity contribution in [3.63, 3.8) is 0 Å². The fourth-order valence-corrected chi connectivity index (χ4v) is 1.83. The molecule has 1 heterocycles. The zero-order chi connectivity index (χ0) is 8.48. The van der Waals surface area contributed by atoms with Gasteiger partial charge in [0.1, 0.15) is 0 Å². The van der Waals surface area contributed by atoms with Gasteiger partial charge < -0.3 is 0 Å². The molecule has 2 heteroatoms. The lowest BCUT2D eigenvalue weighted by Crippen LogP contribution is -2.11. The maximum absolute atomic E-state index is 3.74. The summed E-state index contributed by atoms with van der Waals surface area (Å²) < 4.78 is 3.27. The molecule has 1 aliphatic heterocycles. The summed E-state index contributed by atoms with van der Waals surface area (Å²) in [6.45, 7) is 10.4. The van der Waals surface area contributed by atoms with Crippen molar-refractivity contribution in [1.82, 2.24) is 4.72 Å². The van der Waals surface area contributed by atoms with Crippen LogP contribution in [-0.2, 0) is 0 Å². The van der Waals surface area contributed by atoms with Crippen LogP contribution in [-0.4, -0.2) is 6.04 Å². The van der Waals surface area contributed by atoms with Gasteiger partial charge >= 0.3 is 0 Å². The van der Waals surface area contributed by atoms with Crippen LogP contribution in [0, 0.1) is 5.41 Å². The minimum Gasteiger partial charge on any atom is -0.249 e. The Hall–Kier alpha value is -0.210. The minimum atomic E-state index is 0.273. The van der Waals surface area contributed by atoms with Gasteiger partial charge in [-0.15, -0.1) is 6.58 Å². The SMILES string of the molecule is C=CC1C=C(C(C)(C)C)SN1. The number of hydrogen-bond acceptors (Lipinski definition) is 2. The monoisotopic (exact) mass is 169 g/mol. The van der Waals surface area contributed by atoms with Crippen LogP contribution in [0.2, 0.25) is 0 Å². The smallest absolute Gasteiger partial charge is 0.0544 e. The molecule has 0 aromatic carbocycles. The Labute approximate surface area is 73.1 Å². The second-order valence-corrected chi connectivity index (χ2v) is 4.64. The van der Waals surface area contributed by atoms with Gasteiger partial charge in [-0.25, -0.2) is 4.72 Å². The number of nitrogens with one attached hydrogen (secondary N) is 1. The van der Waals surface area contributed by atoms with Crippen molar-refractivity contribution < 1.29 is 0 Å². The van der Waals surface area contributed by atoms with E-state index in [2.05, 4.69) is 38.1 Å². The standard InChI is InChI=1S/C9H15NS/c1-5-7-6-8(11-10-7)9(2,3)4/h5-7,10H,1H2,2-4H3. The van der Waals surface area contributed by atoms with Gasteiger partial charge in [0.05, 0.1) is 6.04 Å². The average molecular weight is 169 g/mol. The van der Waals surface area contributed by atoms with Gasteiger partial charge in [-0.1, -0.05) is 32.9 Å². The van der Waals surface area contributed by atoms with Gasteiger partial charge in [0.2, 0.25) is 0 Å². The number of hydrogen-bond donors (Lipinski definition) is 1. The quantitative estimate of drug-likeness (QED) is 0.478. The van der Waals surface area contributed by atoms with Crippen molar-refractivity contribution in [1.29, 1.82) is 0 Å². The van der Waals surface area contributed by atoms with Crippen molar-refractivity contribution in [3.05, 3.63) is 23.6 Å². The van der Waals surface area contributed by atoms with Crippen molar-refractivity contribution in [3.8, 4) is 0 Å². The van der Waals surface area contributed by atoms with Crippen LogP contribution in [0.3, 0.4) is 0 Å². The zero-order valence-corrected chi connectivity index (χ0v) is 8.16. The molecule has 0 fully saturated rings. The molecule has 0 saturated heterocycles. The average Bonchev–Trinajstić information content (AvgIpc) is 2.32. The first-order valence-electron chi connectivity index (χ1n) is 3.81. The summed E-state index contributed by atoms with van der Waals surface area (Å²) in [7, 11) is 0. The highest BCUT2D eigenvalue weighted by Crippen LogP contribution is 2.36. The first-order chi connectivity index (χ1) is 5.04. The molecule has 11 heavy (non-hydrogen) atoms. The van der Waals surface area contributed by atoms with E-state index < -0.39 is 0 Å². The summed E-state index contributed by atoms with van der Waals surface area (Å²) in [5.41, 5.74) is 0.273. The van der Waals surface area contributed by atoms with Gasteiger partial charge in [0.25, 0.3) is 0 Å². The molecule has 1 atom stereocenters. The van der Waals surface area contributed by atoms with Gasteiger partial charge in [-0.2, -0.15) is 0 Å². The molecule has 0 saturated carbocycles. The predicted octanol–water partition coefficient (Wildman–Crippen LogP) is 2.72. The zero-order valence-electron chi connectivity index (χ0n) is 7.35. The molecular formula is C9H15NS.